The van der Waals surface area contributed by atoms with Crippen LogP contribution in [-0.2, 0) is 6.54 Å². The number of hydrogen-bond donors (Lipinski definition) is 2. The summed E-state index contributed by atoms with van der Waals surface area (Å²) < 4.78 is 47.7. The van der Waals surface area contributed by atoms with Gasteiger partial charge in [-0.05, 0) is 48.7 Å². The normalized spacial score (nSPS) is 18.6. The van der Waals surface area contributed by atoms with Crippen molar-refractivity contribution >= 4 is 0 Å². The van der Waals surface area contributed by atoms with Crippen LogP contribution in [0.2, 0.25) is 0 Å². The summed E-state index contributed by atoms with van der Waals surface area (Å²) in [5.41, 5.74) is 3.06. The molecule has 0 spiro atoms. The van der Waals surface area contributed by atoms with E-state index in [0.717, 1.165) is 19.4 Å². The van der Waals surface area contributed by atoms with Gasteiger partial charge in [-0.25, -0.2) is 0 Å². The molecule has 1 saturated heterocycles. The number of alkyl halides is 3. The van der Waals surface area contributed by atoms with Crippen LogP contribution in [0.25, 0.3) is 0 Å². The Balaban J connectivity index is 1.58. The molecule has 1 heterocycles. The average molecular weight is 471 g/mol. The van der Waals surface area contributed by atoms with Crippen LogP contribution in [0.5, 0.6) is 11.5 Å². The van der Waals surface area contributed by atoms with Crippen molar-refractivity contribution in [2.75, 3.05) is 13.7 Å². The van der Waals surface area contributed by atoms with Crippen LogP contribution < -0.4 is 20.1 Å². The van der Waals surface area contributed by atoms with Crippen molar-refractivity contribution in [3.8, 4) is 11.5 Å². The van der Waals surface area contributed by atoms with Crippen LogP contribution in [0.1, 0.15) is 35.4 Å². The van der Waals surface area contributed by atoms with E-state index in [-0.39, 0.29) is 23.8 Å². The monoisotopic (exact) mass is 470 g/mol. The molecule has 0 saturated carbocycles. The lowest BCUT2D eigenvalue weighted by molar-refractivity contribution is -0.274. The molecule has 1 aliphatic rings. The average Bonchev–Trinajstić information content (AvgIpc) is 2.84. The van der Waals surface area contributed by atoms with Gasteiger partial charge in [0, 0.05) is 30.1 Å². The van der Waals surface area contributed by atoms with Gasteiger partial charge in [-0.1, -0.05) is 60.7 Å². The molecule has 2 N–H and O–H groups in total. The summed E-state index contributed by atoms with van der Waals surface area (Å²) in [5, 5.41) is 7.30. The Hall–Kier alpha value is -3.03. The number of rotatable bonds is 8. The number of nitrogens with one attached hydrogen (secondary N) is 2. The Labute approximate surface area is 198 Å². The van der Waals surface area contributed by atoms with Gasteiger partial charge in [0.2, 0.25) is 0 Å². The summed E-state index contributed by atoms with van der Waals surface area (Å²) >= 11 is 0. The lowest BCUT2D eigenvalue weighted by Gasteiger charge is -2.39. The lowest BCUT2D eigenvalue weighted by atomic mass is 9.79. The van der Waals surface area contributed by atoms with Crippen LogP contribution in [0.3, 0.4) is 0 Å². The Bertz CT molecular complexity index is 1010. The maximum absolute atomic E-state index is 12.7. The predicted molar refractivity (Wildman–Crippen MR) is 126 cm³/mol. The molecule has 180 valence electrons. The van der Waals surface area contributed by atoms with Crippen molar-refractivity contribution in [1.82, 2.24) is 10.6 Å². The molecule has 34 heavy (non-hydrogen) atoms. The van der Waals surface area contributed by atoms with Gasteiger partial charge in [0.15, 0.2) is 0 Å². The zero-order chi connectivity index (χ0) is 24.0. The summed E-state index contributed by atoms with van der Waals surface area (Å²) in [7, 11) is 1.51. The summed E-state index contributed by atoms with van der Waals surface area (Å²) in [4.78, 5) is 0. The molecule has 1 fully saturated rings. The Morgan fingerprint density at radius 1 is 0.971 bits per heavy atom. The van der Waals surface area contributed by atoms with Gasteiger partial charge in [0.1, 0.15) is 11.5 Å². The first kappa shape index (κ1) is 24.1. The minimum Gasteiger partial charge on any atom is -0.496 e. The number of halogens is 3. The molecule has 3 aromatic rings. The van der Waals surface area contributed by atoms with Gasteiger partial charge in [-0.3, -0.25) is 0 Å². The van der Waals surface area contributed by atoms with E-state index in [9.17, 15) is 13.2 Å². The Morgan fingerprint density at radius 3 is 2.21 bits per heavy atom. The highest BCUT2D eigenvalue weighted by molar-refractivity contribution is 5.41. The van der Waals surface area contributed by atoms with Gasteiger partial charge >= 0.3 is 6.36 Å². The fourth-order valence-electron chi connectivity index (χ4n) is 4.75. The van der Waals surface area contributed by atoms with E-state index in [4.69, 9.17) is 4.74 Å². The van der Waals surface area contributed by atoms with Gasteiger partial charge in [-0.15, -0.1) is 13.2 Å². The van der Waals surface area contributed by atoms with E-state index >= 15 is 0 Å². The van der Waals surface area contributed by atoms with Crippen molar-refractivity contribution in [3.05, 3.63) is 95.6 Å². The number of ether oxygens (including phenoxy) is 2. The van der Waals surface area contributed by atoms with Crippen LogP contribution in [0, 0.1) is 0 Å². The number of benzene rings is 3. The highest BCUT2D eigenvalue weighted by atomic mass is 19.4. The molecular weight excluding hydrogens is 441 g/mol. The second-order valence-corrected chi connectivity index (χ2v) is 8.43. The Kier molecular flexibility index (Phi) is 7.75. The molecule has 4 rings (SSSR count). The summed E-state index contributed by atoms with van der Waals surface area (Å²) in [6.45, 7) is 1.27. The van der Waals surface area contributed by atoms with E-state index in [1.54, 1.807) is 0 Å². The smallest absolute Gasteiger partial charge is 0.496 e. The maximum Gasteiger partial charge on any atom is 0.573 e. The molecule has 1 aliphatic heterocycles. The minimum atomic E-state index is -4.74. The predicted octanol–water partition coefficient (Wildman–Crippen LogP) is 5.64. The third kappa shape index (κ3) is 6.10. The summed E-state index contributed by atoms with van der Waals surface area (Å²) in [6.07, 6.45) is -2.77. The van der Waals surface area contributed by atoms with Gasteiger partial charge < -0.3 is 20.1 Å². The topological polar surface area (TPSA) is 42.5 Å². The first-order valence-electron chi connectivity index (χ1n) is 11.4. The highest BCUT2D eigenvalue weighted by Crippen LogP contribution is 2.33. The van der Waals surface area contributed by atoms with E-state index < -0.39 is 6.36 Å². The van der Waals surface area contributed by atoms with E-state index in [1.165, 1.54) is 36.4 Å². The van der Waals surface area contributed by atoms with Crippen LogP contribution in [0.4, 0.5) is 13.2 Å². The molecule has 2 atom stereocenters. The molecule has 0 amide bonds. The first-order chi connectivity index (χ1) is 16.4. The standard InChI is InChI=1S/C27H29F3N2O2/c1-33-24-15-14-22(34-27(28,29)30)17-21(24)18-32-23-13-8-16-31-26(23)25(19-9-4-2-5-10-19)20-11-6-3-7-12-20/h2-7,9-12,14-15,17,23,25-26,31-32H,8,13,16,18H2,1H3. The van der Waals surface area contributed by atoms with Crippen molar-refractivity contribution in [2.45, 2.75) is 43.8 Å². The maximum atomic E-state index is 12.7. The van der Waals surface area contributed by atoms with Gasteiger partial charge in [0.25, 0.3) is 0 Å². The SMILES string of the molecule is COc1ccc(OC(F)(F)F)cc1CNC1CCCNC1C(c1ccccc1)c1ccccc1. The van der Waals surface area contributed by atoms with Crippen molar-refractivity contribution in [2.24, 2.45) is 0 Å². The fraction of sp³-hybridized carbons (Fsp3) is 0.333. The van der Waals surface area contributed by atoms with Crippen molar-refractivity contribution in [1.29, 1.82) is 0 Å². The fourth-order valence-corrected chi connectivity index (χ4v) is 4.75. The third-order valence-electron chi connectivity index (χ3n) is 6.22. The van der Waals surface area contributed by atoms with Crippen LogP contribution >= 0.6 is 0 Å². The third-order valence-corrected chi connectivity index (χ3v) is 6.22. The van der Waals surface area contributed by atoms with Gasteiger partial charge in [-0.2, -0.15) is 0 Å². The lowest BCUT2D eigenvalue weighted by Crippen LogP contribution is -2.54. The zero-order valence-electron chi connectivity index (χ0n) is 19.0. The molecule has 0 radical (unpaired) electrons. The van der Waals surface area contributed by atoms with E-state index in [0.29, 0.717) is 17.9 Å². The zero-order valence-corrected chi connectivity index (χ0v) is 19.0. The van der Waals surface area contributed by atoms with E-state index in [2.05, 4.69) is 39.6 Å². The van der Waals surface area contributed by atoms with Crippen molar-refractivity contribution in [3.63, 3.8) is 0 Å². The molecule has 0 aromatic heterocycles. The quantitative estimate of drug-likeness (QED) is 0.447. The first-order valence-corrected chi connectivity index (χ1v) is 11.4. The van der Waals surface area contributed by atoms with E-state index in [1.807, 2.05) is 36.4 Å². The molecule has 3 aromatic carbocycles. The van der Waals surface area contributed by atoms with Crippen molar-refractivity contribution < 1.29 is 22.6 Å². The second-order valence-electron chi connectivity index (χ2n) is 8.43. The molecule has 0 bridgehead atoms. The molecule has 7 heteroatoms. The Morgan fingerprint density at radius 2 is 1.62 bits per heavy atom. The largest absolute Gasteiger partial charge is 0.573 e. The molecule has 4 nitrogen and oxygen atoms in total. The molecular formula is C27H29F3N2O2. The molecule has 2 unspecified atom stereocenters. The number of methoxy groups -OCH3 is 1. The minimum absolute atomic E-state index is 0.107. The second kappa shape index (κ2) is 10.9. The summed E-state index contributed by atoms with van der Waals surface area (Å²) in [5.74, 6) is 0.391. The van der Waals surface area contributed by atoms with Crippen LogP contribution in [0.15, 0.2) is 78.9 Å². The van der Waals surface area contributed by atoms with Gasteiger partial charge in [0.05, 0.1) is 7.11 Å². The number of piperidine rings is 1. The summed E-state index contributed by atoms with van der Waals surface area (Å²) in [6, 6.07) is 25.2. The molecule has 0 aliphatic carbocycles. The highest BCUT2D eigenvalue weighted by Gasteiger charge is 2.34. The number of hydrogen-bond acceptors (Lipinski definition) is 4. The van der Waals surface area contributed by atoms with Crippen LogP contribution in [-0.4, -0.2) is 32.1 Å².